The van der Waals surface area contributed by atoms with Crippen molar-refractivity contribution in [2.75, 3.05) is 7.05 Å². The molecule has 17 heavy (non-hydrogen) atoms. The smallest absolute Gasteiger partial charge is 0.257 e. The molecule has 1 atom stereocenters. The molecule has 0 saturated carbocycles. The van der Waals surface area contributed by atoms with Crippen LogP contribution < -0.4 is 0 Å². The molecule has 4 heteroatoms. The summed E-state index contributed by atoms with van der Waals surface area (Å²) >= 11 is 0. The second-order valence-electron chi connectivity index (χ2n) is 4.22. The van der Waals surface area contributed by atoms with Crippen molar-refractivity contribution in [3.63, 3.8) is 0 Å². The van der Waals surface area contributed by atoms with E-state index in [0.717, 1.165) is 18.9 Å². The molecular weight excluding hydrogens is 221 g/mol. The maximum Gasteiger partial charge on any atom is 0.257 e. The minimum absolute atomic E-state index is 0.0944. The molecule has 0 bridgehead atoms. The van der Waals surface area contributed by atoms with Gasteiger partial charge >= 0.3 is 0 Å². The third-order valence-electron chi connectivity index (χ3n) is 2.88. The molecule has 1 N–H and O–H groups in total. The van der Waals surface area contributed by atoms with E-state index < -0.39 is 5.82 Å². The van der Waals surface area contributed by atoms with Crippen molar-refractivity contribution in [2.45, 2.75) is 32.7 Å². The van der Waals surface area contributed by atoms with Crippen LogP contribution in [0.4, 0.5) is 4.39 Å². The molecule has 0 aliphatic heterocycles. The van der Waals surface area contributed by atoms with Crippen molar-refractivity contribution in [3.05, 3.63) is 29.6 Å². The normalized spacial score (nSPS) is 12.2. The molecule has 3 nitrogen and oxygen atoms in total. The molecule has 1 aromatic carbocycles. The van der Waals surface area contributed by atoms with Gasteiger partial charge in [0.25, 0.3) is 5.91 Å². The number of benzene rings is 1. The lowest BCUT2D eigenvalue weighted by molar-refractivity contribution is 0.0733. The standard InChI is InChI=1S/C13H18FNO2/c1-4-5-9(2)15(3)13(17)11-7-6-10(14)8-12(11)16/h6-9,16H,4-5H2,1-3H3. The van der Waals surface area contributed by atoms with Crippen LogP contribution in [0.2, 0.25) is 0 Å². The van der Waals surface area contributed by atoms with Crippen LogP contribution in [0, 0.1) is 5.82 Å². The number of phenolic OH excluding ortho intramolecular Hbond substituents is 1. The first-order chi connectivity index (χ1) is 7.97. The molecule has 0 aromatic heterocycles. The highest BCUT2D eigenvalue weighted by Crippen LogP contribution is 2.20. The summed E-state index contributed by atoms with van der Waals surface area (Å²) in [5, 5.41) is 9.53. The number of nitrogens with zero attached hydrogens (tertiary/aromatic N) is 1. The molecule has 0 fully saturated rings. The number of hydrogen-bond donors (Lipinski definition) is 1. The summed E-state index contributed by atoms with van der Waals surface area (Å²) in [7, 11) is 1.69. The van der Waals surface area contributed by atoms with E-state index in [4.69, 9.17) is 0 Å². The summed E-state index contributed by atoms with van der Waals surface area (Å²) in [6.45, 7) is 3.99. The second-order valence-corrected chi connectivity index (χ2v) is 4.22. The minimum Gasteiger partial charge on any atom is -0.507 e. The van der Waals surface area contributed by atoms with Gasteiger partial charge in [0.15, 0.2) is 0 Å². The second kappa shape index (κ2) is 5.66. The van der Waals surface area contributed by atoms with Gasteiger partial charge in [0.05, 0.1) is 5.56 Å². The van der Waals surface area contributed by atoms with Crippen LogP contribution in [-0.4, -0.2) is 29.0 Å². The van der Waals surface area contributed by atoms with Gasteiger partial charge in [-0.3, -0.25) is 4.79 Å². The fourth-order valence-corrected chi connectivity index (χ4v) is 1.69. The van der Waals surface area contributed by atoms with Gasteiger partial charge in [0.1, 0.15) is 11.6 Å². The molecule has 1 unspecified atom stereocenters. The quantitative estimate of drug-likeness (QED) is 0.877. The van der Waals surface area contributed by atoms with Crippen LogP contribution in [0.25, 0.3) is 0 Å². The summed E-state index contributed by atoms with van der Waals surface area (Å²) in [6, 6.07) is 3.52. The number of aromatic hydroxyl groups is 1. The van der Waals surface area contributed by atoms with E-state index in [1.807, 2.05) is 13.8 Å². The Hall–Kier alpha value is -1.58. The molecule has 0 aliphatic rings. The van der Waals surface area contributed by atoms with E-state index >= 15 is 0 Å². The molecule has 0 saturated heterocycles. The predicted octanol–water partition coefficient (Wildman–Crippen LogP) is 2.79. The maximum atomic E-state index is 12.8. The number of carbonyl (C=O) groups is 1. The van der Waals surface area contributed by atoms with Crippen molar-refractivity contribution >= 4 is 5.91 Å². The van der Waals surface area contributed by atoms with E-state index in [1.165, 1.54) is 12.1 Å². The monoisotopic (exact) mass is 239 g/mol. The topological polar surface area (TPSA) is 40.5 Å². The Morgan fingerprint density at radius 3 is 2.71 bits per heavy atom. The summed E-state index contributed by atoms with van der Waals surface area (Å²) in [5.41, 5.74) is 0.136. The van der Waals surface area contributed by atoms with Crippen molar-refractivity contribution in [1.82, 2.24) is 4.90 Å². The van der Waals surface area contributed by atoms with Crippen LogP contribution in [0.15, 0.2) is 18.2 Å². The van der Waals surface area contributed by atoms with Crippen LogP contribution in [0.1, 0.15) is 37.0 Å². The zero-order valence-corrected chi connectivity index (χ0v) is 10.4. The lowest BCUT2D eigenvalue weighted by atomic mass is 10.1. The van der Waals surface area contributed by atoms with Gasteiger partial charge in [-0.1, -0.05) is 13.3 Å². The van der Waals surface area contributed by atoms with Crippen molar-refractivity contribution < 1.29 is 14.3 Å². The molecule has 1 rings (SSSR count). The number of halogens is 1. The number of phenols is 1. The van der Waals surface area contributed by atoms with E-state index in [9.17, 15) is 14.3 Å². The maximum absolute atomic E-state index is 12.8. The van der Waals surface area contributed by atoms with Gasteiger partial charge in [-0.2, -0.15) is 0 Å². The fraction of sp³-hybridized carbons (Fsp3) is 0.462. The van der Waals surface area contributed by atoms with E-state index in [1.54, 1.807) is 11.9 Å². The minimum atomic E-state index is -0.552. The zero-order chi connectivity index (χ0) is 13.0. The number of carbonyl (C=O) groups excluding carboxylic acids is 1. The lowest BCUT2D eigenvalue weighted by Gasteiger charge is -2.25. The number of hydrogen-bond acceptors (Lipinski definition) is 2. The number of rotatable bonds is 4. The van der Waals surface area contributed by atoms with Crippen LogP contribution >= 0.6 is 0 Å². The van der Waals surface area contributed by atoms with Gasteiger partial charge in [-0.25, -0.2) is 4.39 Å². The molecule has 0 radical (unpaired) electrons. The van der Waals surface area contributed by atoms with Gasteiger partial charge < -0.3 is 10.0 Å². The van der Waals surface area contributed by atoms with Crippen molar-refractivity contribution in [1.29, 1.82) is 0 Å². The molecule has 1 amide bonds. The highest BCUT2D eigenvalue weighted by molar-refractivity contribution is 5.96. The van der Waals surface area contributed by atoms with Crippen molar-refractivity contribution in [2.24, 2.45) is 0 Å². The third-order valence-corrected chi connectivity index (χ3v) is 2.88. The Morgan fingerprint density at radius 1 is 1.53 bits per heavy atom. The Bertz CT molecular complexity index is 406. The SMILES string of the molecule is CCCC(C)N(C)C(=O)c1ccc(F)cc1O. The summed E-state index contributed by atoms with van der Waals surface area (Å²) in [5.74, 6) is -1.16. The highest BCUT2D eigenvalue weighted by atomic mass is 19.1. The largest absolute Gasteiger partial charge is 0.507 e. The van der Waals surface area contributed by atoms with Gasteiger partial charge in [-0.15, -0.1) is 0 Å². The Balaban J connectivity index is 2.88. The molecule has 0 spiro atoms. The molecular formula is C13H18FNO2. The average molecular weight is 239 g/mol. The number of amides is 1. The zero-order valence-electron chi connectivity index (χ0n) is 10.4. The molecule has 94 valence electrons. The molecule has 0 heterocycles. The van der Waals surface area contributed by atoms with Gasteiger partial charge in [-0.05, 0) is 25.5 Å². The first-order valence-electron chi connectivity index (χ1n) is 5.73. The first-order valence-corrected chi connectivity index (χ1v) is 5.73. The van der Waals surface area contributed by atoms with Gasteiger partial charge in [0, 0.05) is 19.2 Å². The van der Waals surface area contributed by atoms with Crippen LogP contribution in [-0.2, 0) is 0 Å². The fourth-order valence-electron chi connectivity index (χ4n) is 1.69. The summed E-state index contributed by atoms with van der Waals surface area (Å²) < 4.78 is 12.8. The van der Waals surface area contributed by atoms with E-state index in [-0.39, 0.29) is 23.3 Å². The van der Waals surface area contributed by atoms with Crippen molar-refractivity contribution in [3.8, 4) is 5.75 Å². The molecule has 1 aromatic rings. The predicted molar refractivity (Wildman–Crippen MR) is 64.5 cm³/mol. The lowest BCUT2D eigenvalue weighted by Crippen LogP contribution is -2.35. The van der Waals surface area contributed by atoms with Gasteiger partial charge in [0.2, 0.25) is 0 Å². The van der Waals surface area contributed by atoms with Crippen LogP contribution in [0.5, 0.6) is 5.75 Å². The highest BCUT2D eigenvalue weighted by Gasteiger charge is 2.19. The third kappa shape index (κ3) is 3.19. The Labute approximate surface area is 101 Å². The Morgan fingerprint density at radius 2 is 2.18 bits per heavy atom. The summed E-state index contributed by atoms with van der Waals surface area (Å²) in [4.78, 5) is 13.6. The van der Waals surface area contributed by atoms with E-state index in [2.05, 4.69) is 0 Å². The summed E-state index contributed by atoms with van der Waals surface area (Å²) in [6.07, 6.45) is 1.87. The van der Waals surface area contributed by atoms with E-state index in [0.29, 0.717) is 0 Å². The average Bonchev–Trinajstić information content (AvgIpc) is 2.27. The van der Waals surface area contributed by atoms with Crippen LogP contribution in [0.3, 0.4) is 0 Å². The Kier molecular flexibility index (Phi) is 4.49. The molecule has 0 aliphatic carbocycles. The first kappa shape index (κ1) is 13.5.